The van der Waals surface area contributed by atoms with Crippen LogP contribution < -0.4 is 16.0 Å². The van der Waals surface area contributed by atoms with Gasteiger partial charge < -0.3 is 10.5 Å². The Balaban J connectivity index is 2.86. The van der Waals surface area contributed by atoms with Crippen molar-refractivity contribution in [2.75, 3.05) is 12.8 Å². The van der Waals surface area contributed by atoms with Crippen LogP contribution in [0.25, 0.3) is 10.9 Å². The highest BCUT2D eigenvalue weighted by Gasteiger charge is 2.06. The van der Waals surface area contributed by atoms with Gasteiger partial charge in [-0.3, -0.25) is 9.36 Å². The molecular formula is C10H11N3O2. The Morgan fingerprint density at radius 1 is 1.47 bits per heavy atom. The van der Waals surface area contributed by atoms with Gasteiger partial charge in [0.05, 0.1) is 18.0 Å². The molecule has 0 radical (unpaired) electrons. The minimum atomic E-state index is -0.153. The summed E-state index contributed by atoms with van der Waals surface area (Å²) >= 11 is 0. The Hall–Kier alpha value is -2.04. The van der Waals surface area contributed by atoms with Crippen LogP contribution in [0.3, 0.4) is 0 Å². The second-order valence-electron chi connectivity index (χ2n) is 3.22. The zero-order chi connectivity index (χ0) is 11.0. The van der Waals surface area contributed by atoms with E-state index >= 15 is 0 Å². The molecule has 0 atom stereocenters. The van der Waals surface area contributed by atoms with Crippen molar-refractivity contribution in [1.29, 1.82) is 0 Å². The molecule has 1 aromatic carbocycles. The molecule has 0 aliphatic carbocycles. The molecule has 2 N–H and O–H groups in total. The molecule has 0 saturated carbocycles. The van der Waals surface area contributed by atoms with E-state index < -0.39 is 0 Å². The molecule has 0 unspecified atom stereocenters. The van der Waals surface area contributed by atoms with Gasteiger partial charge >= 0.3 is 0 Å². The first kappa shape index (κ1) is 9.51. The fourth-order valence-electron chi connectivity index (χ4n) is 1.39. The van der Waals surface area contributed by atoms with Crippen molar-refractivity contribution in [3.05, 3.63) is 28.6 Å². The van der Waals surface area contributed by atoms with E-state index in [0.29, 0.717) is 16.7 Å². The van der Waals surface area contributed by atoms with Crippen LogP contribution in [0, 0.1) is 0 Å². The monoisotopic (exact) mass is 205 g/mol. The van der Waals surface area contributed by atoms with E-state index in [1.54, 1.807) is 32.4 Å². The molecule has 0 spiro atoms. The summed E-state index contributed by atoms with van der Waals surface area (Å²) in [6.07, 6.45) is 0. The zero-order valence-corrected chi connectivity index (χ0v) is 8.52. The van der Waals surface area contributed by atoms with Crippen molar-refractivity contribution in [1.82, 2.24) is 9.55 Å². The largest absolute Gasteiger partial charge is 0.497 e. The van der Waals surface area contributed by atoms with Crippen molar-refractivity contribution >= 4 is 16.9 Å². The second kappa shape index (κ2) is 3.27. The Bertz CT molecular complexity index is 575. The van der Waals surface area contributed by atoms with E-state index in [4.69, 9.17) is 10.5 Å². The first-order valence-electron chi connectivity index (χ1n) is 4.43. The third kappa shape index (κ3) is 1.41. The molecule has 0 aliphatic heterocycles. The number of nitrogens with zero attached hydrogens (tertiary/aromatic N) is 2. The zero-order valence-electron chi connectivity index (χ0n) is 8.52. The SMILES string of the molecule is COc1ccc2c(=O)n(C)c(N)nc2c1. The topological polar surface area (TPSA) is 70.1 Å². The molecule has 0 fully saturated rings. The van der Waals surface area contributed by atoms with Crippen LogP contribution in [0.2, 0.25) is 0 Å². The van der Waals surface area contributed by atoms with Crippen molar-refractivity contribution in [2.45, 2.75) is 0 Å². The van der Waals surface area contributed by atoms with Crippen molar-refractivity contribution in [2.24, 2.45) is 7.05 Å². The predicted octanol–water partition coefficient (Wildman–Crippen LogP) is 0.524. The Morgan fingerprint density at radius 3 is 2.87 bits per heavy atom. The lowest BCUT2D eigenvalue weighted by atomic mass is 10.2. The molecule has 1 heterocycles. The number of fused-ring (bicyclic) bond motifs is 1. The Labute approximate surface area is 86.1 Å². The number of ether oxygens (including phenoxy) is 1. The van der Waals surface area contributed by atoms with E-state index in [1.165, 1.54) is 4.57 Å². The van der Waals surface area contributed by atoms with Crippen LogP contribution in [0.4, 0.5) is 5.95 Å². The van der Waals surface area contributed by atoms with E-state index in [1.807, 2.05) is 0 Å². The molecule has 0 aliphatic rings. The quantitative estimate of drug-likeness (QED) is 0.737. The van der Waals surface area contributed by atoms with Gasteiger partial charge in [0.15, 0.2) is 0 Å². The lowest BCUT2D eigenvalue weighted by Crippen LogP contribution is -2.21. The van der Waals surface area contributed by atoms with Gasteiger partial charge in [0.2, 0.25) is 5.95 Å². The molecule has 78 valence electrons. The van der Waals surface area contributed by atoms with Gasteiger partial charge in [0.1, 0.15) is 5.75 Å². The number of benzene rings is 1. The third-order valence-corrected chi connectivity index (χ3v) is 2.32. The number of nitrogens with two attached hydrogens (primary N) is 1. The number of hydrogen-bond acceptors (Lipinski definition) is 4. The van der Waals surface area contributed by atoms with E-state index in [-0.39, 0.29) is 11.5 Å². The maximum absolute atomic E-state index is 11.8. The fraction of sp³-hybridized carbons (Fsp3) is 0.200. The predicted molar refractivity (Wildman–Crippen MR) is 57.9 cm³/mol. The van der Waals surface area contributed by atoms with Gasteiger partial charge in [-0.2, -0.15) is 0 Å². The summed E-state index contributed by atoms with van der Waals surface area (Å²) < 4.78 is 6.36. The van der Waals surface area contributed by atoms with Crippen LogP contribution in [-0.4, -0.2) is 16.7 Å². The number of anilines is 1. The lowest BCUT2D eigenvalue weighted by Gasteiger charge is -2.05. The van der Waals surface area contributed by atoms with Crippen molar-refractivity contribution in [3.8, 4) is 5.75 Å². The molecule has 2 rings (SSSR count). The van der Waals surface area contributed by atoms with Gasteiger partial charge in [0, 0.05) is 13.1 Å². The maximum atomic E-state index is 11.8. The summed E-state index contributed by atoms with van der Waals surface area (Å²) in [5.41, 5.74) is 5.99. The fourth-order valence-corrected chi connectivity index (χ4v) is 1.39. The van der Waals surface area contributed by atoms with E-state index in [2.05, 4.69) is 4.98 Å². The Morgan fingerprint density at radius 2 is 2.20 bits per heavy atom. The van der Waals surface area contributed by atoms with Crippen LogP contribution in [0.5, 0.6) is 5.75 Å². The molecule has 0 saturated heterocycles. The number of methoxy groups -OCH3 is 1. The highest BCUT2D eigenvalue weighted by Crippen LogP contribution is 2.16. The first-order valence-corrected chi connectivity index (χ1v) is 4.43. The smallest absolute Gasteiger partial charge is 0.262 e. The standard InChI is InChI=1S/C10H11N3O2/c1-13-9(14)7-4-3-6(15-2)5-8(7)12-10(13)11/h3-5H,1-2H3,(H2,11,12). The van der Waals surface area contributed by atoms with E-state index in [9.17, 15) is 4.79 Å². The van der Waals surface area contributed by atoms with Gasteiger partial charge in [-0.25, -0.2) is 4.98 Å². The average Bonchev–Trinajstić information content (AvgIpc) is 2.25. The molecule has 0 amide bonds. The highest BCUT2D eigenvalue weighted by atomic mass is 16.5. The highest BCUT2D eigenvalue weighted by molar-refractivity contribution is 5.80. The van der Waals surface area contributed by atoms with Crippen LogP contribution in [0.1, 0.15) is 0 Å². The lowest BCUT2D eigenvalue weighted by molar-refractivity contribution is 0.415. The Kier molecular flexibility index (Phi) is 2.07. The van der Waals surface area contributed by atoms with Gasteiger partial charge in [-0.15, -0.1) is 0 Å². The molecule has 5 nitrogen and oxygen atoms in total. The number of nitrogen functional groups attached to an aromatic ring is 1. The summed E-state index contributed by atoms with van der Waals surface area (Å²) in [6.45, 7) is 0. The number of aromatic nitrogens is 2. The average molecular weight is 205 g/mol. The summed E-state index contributed by atoms with van der Waals surface area (Å²) in [6, 6.07) is 5.09. The molecule has 2 aromatic rings. The molecule has 1 aromatic heterocycles. The number of hydrogen-bond donors (Lipinski definition) is 1. The first-order chi connectivity index (χ1) is 7.13. The molecular weight excluding hydrogens is 194 g/mol. The molecule has 0 bridgehead atoms. The normalized spacial score (nSPS) is 10.5. The maximum Gasteiger partial charge on any atom is 0.262 e. The summed E-state index contributed by atoms with van der Waals surface area (Å²) in [5, 5.41) is 0.535. The van der Waals surface area contributed by atoms with Crippen LogP contribution in [0.15, 0.2) is 23.0 Å². The second-order valence-corrected chi connectivity index (χ2v) is 3.22. The molecule has 15 heavy (non-hydrogen) atoms. The molecule has 5 heteroatoms. The van der Waals surface area contributed by atoms with Gasteiger partial charge in [0.25, 0.3) is 5.56 Å². The minimum absolute atomic E-state index is 0.153. The van der Waals surface area contributed by atoms with Crippen molar-refractivity contribution in [3.63, 3.8) is 0 Å². The van der Waals surface area contributed by atoms with E-state index in [0.717, 1.165) is 0 Å². The number of rotatable bonds is 1. The van der Waals surface area contributed by atoms with Crippen molar-refractivity contribution < 1.29 is 4.74 Å². The van der Waals surface area contributed by atoms with Crippen LogP contribution in [-0.2, 0) is 7.05 Å². The minimum Gasteiger partial charge on any atom is -0.497 e. The van der Waals surface area contributed by atoms with Crippen LogP contribution >= 0.6 is 0 Å². The third-order valence-electron chi connectivity index (χ3n) is 2.32. The summed E-state index contributed by atoms with van der Waals surface area (Å²) in [5.74, 6) is 0.850. The summed E-state index contributed by atoms with van der Waals surface area (Å²) in [4.78, 5) is 15.9. The van der Waals surface area contributed by atoms with Gasteiger partial charge in [-0.1, -0.05) is 0 Å². The van der Waals surface area contributed by atoms with Gasteiger partial charge in [-0.05, 0) is 12.1 Å². The summed E-state index contributed by atoms with van der Waals surface area (Å²) in [7, 11) is 3.15.